The van der Waals surface area contributed by atoms with Gasteiger partial charge in [-0.05, 0) is 0 Å². The summed E-state index contributed by atoms with van der Waals surface area (Å²) in [4.78, 5) is 86.4. The molecule has 3 rings (SSSR count). The molecule has 0 saturated carbocycles. The summed E-state index contributed by atoms with van der Waals surface area (Å²) in [5.41, 5.74) is 4.26. The number of hydrogen-bond donors (Lipinski definition) is 9. The fourth-order valence-electron chi connectivity index (χ4n) is 4.40. The third-order valence-corrected chi connectivity index (χ3v) is 11.2. The molecule has 1 saturated heterocycles. The van der Waals surface area contributed by atoms with Crippen LogP contribution in [0.5, 0.6) is 0 Å². The molecular weight excluding hydrogens is 783 g/mol. The Labute approximate surface area is 299 Å². The molecule has 2 amide bonds. The Morgan fingerprint density at radius 1 is 1.08 bits per heavy atom. The summed E-state index contributed by atoms with van der Waals surface area (Å²) in [7, 11) is -16.4. The van der Waals surface area contributed by atoms with Crippen molar-refractivity contribution < 1.29 is 80.5 Å². The van der Waals surface area contributed by atoms with Gasteiger partial charge in [-0.15, -0.1) is 0 Å². The van der Waals surface area contributed by atoms with E-state index < -0.39 is 84.6 Å². The van der Waals surface area contributed by atoms with Gasteiger partial charge < -0.3 is 50.9 Å². The van der Waals surface area contributed by atoms with Crippen LogP contribution in [0.2, 0.25) is 0 Å². The number of carbonyl (C=O) groups excluding carboxylic acids is 3. The second kappa shape index (κ2) is 18.3. The van der Waals surface area contributed by atoms with Gasteiger partial charge >= 0.3 is 23.5 Å². The van der Waals surface area contributed by atoms with Crippen molar-refractivity contribution in [2.24, 2.45) is 5.41 Å². The van der Waals surface area contributed by atoms with Crippen molar-refractivity contribution in [3.8, 4) is 0 Å². The van der Waals surface area contributed by atoms with Crippen molar-refractivity contribution >= 4 is 69.1 Å². The molecule has 1 fully saturated rings. The first kappa shape index (κ1) is 44.0. The van der Waals surface area contributed by atoms with Crippen molar-refractivity contribution in [2.75, 3.05) is 37.8 Å². The zero-order valence-electron chi connectivity index (χ0n) is 27.8. The lowest BCUT2D eigenvalue weighted by molar-refractivity contribution is -0.137. The molecule has 3 heterocycles. The number of nitrogen functional groups attached to an aromatic ring is 1. The Bertz CT molecular complexity index is 1730. The number of phosphoric acid groups is 3. The summed E-state index contributed by atoms with van der Waals surface area (Å²) in [5, 5.41) is 26.2. The molecule has 7 atom stereocenters. The maximum Gasteiger partial charge on any atom is 0.481 e. The van der Waals surface area contributed by atoms with E-state index in [0.29, 0.717) is 12.2 Å². The normalized spacial score (nSPS) is 22.4. The van der Waals surface area contributed by atoms with Gasteiger partial charge in [0.15, 0.2) is 22.8 Å². The Morgan fingerprint density at radius 3 is 2.40 bits per heavy atom. The fraction of sp³-hybridized carbons (Fsp3) is 0.667. The zero-order chi connectivity index (χ0) is 39.1. The van der Waals surface area contributed by atoms with E-state index in [1.54, 1.807) is 6.92 Å². The minimum atomic E-state index is -5.56. The minimum Gasteiger partial charge on any atom is -0.386 e. The first-order chi connectivity index (χ1) is 24.1. The maximum absolute atomic E-state index is 12.6. The van der Waals surface area contributed by atoms with Crippen LogP contribution >= 0.6 is 35.2 Å². The first-order valence-electron chi connectivity index (χ1n) is 15.1. The van der Waals surface area contributed by atoms with Crippen molar-refractivity contribution in [3.05, 3.63) is 12.7 Å². The van der Waals surface area contributed by atoms with Crippen LogP contribution in [0.15, 0.2) is 12.7 Å². The minimum absolute atomic E-state index is 0.0221. The number of aliphatic hydroxyl groups is 2. The number of nitrogens with two attached hydrogens (primary N) is 1. The smallest absolute Gasteiger partial charge is 0.386 e. The van der Waals surface area contributed by atoms with Crippen LogP contribution in [0.25, 0.3) is 11.2 Å². The molecule has 5 unspecified atom stereocenters. The van der Waals surface area contributed by atoms with Gasteiger partial charge in [0.25, 0.3) is 0 Å². The number of nitrogens with zero attached hydrogens (tertiary/aromatic N) is 4. The van der Waals surface area contributed by atoms with Gasteiger partial charge in [0, 0.05) is 37.1 Å². The standard InChI is InChI=1S/C24H40N7O17P3S/c1-4-15(33)52-8-7-26-14(32)5-6-27-22(36)19(35)24(2,3)10-45-51(42,43)48-50(40,41)44-9-13-18(47-49(37,38)39)17(34)23(46-13)31-12-30-16-20(25)28-11-29-21(16)31/h11-13,17-19,23,34-35H,4-10H2,1-3H3,(H,26,32)(H,27,36)(H,40,41)(H,42,43)(H2,25,28,29)(H2,37,38,39)/t13?,17-,18-,19?,23?/m1/s1. The monoisotopic (exact) mass is 823 g/mol. The number of nitrogens with one attached hydrogen (secondary N) is 2. The van der Waals surface area contributed by atoms with Gasteiger partial charge in [-0.1, -0.05) is 32.5 Å². The lowest BCUT2D eigenvalue weighted by Crippen LogP contribution is -2.46. The second-order valence-electron chi connectivity index (χ2n) is 11.6. The lowest BCUT2D eigenvalue weighted by Gasteiger charge is -2.30. The van der Waals surface area contributed by atoms with Gasteiger partial charge in [-0.2, -0.15) is 4.31 Å². The van der Waals surface area contributed by atoms with E-state index in [2.05, 4.69) is 34.4 Å². The number of thioether (sulfide) groups is 1. The molecular formula is C24H40N7O17P3S. The molecule has 28 heteroatoms. The average molecular weight is 824 g/mol. The topological polar surface area (TPSA) is 364 Å². The predicted molar refractivity (Wildman–Crippen MR) is 177 cm³/mol. The van der Waals surface area contributed by atoms with E-state index >= 15 is 0 Å². The number of phosphoric ester groups is 3. The molecule has 0 aliphatic carbocycles. The Kier molecular flexibility index (Phi) is 15.4. The SMILES string of the molecule is CCC(=O)SCCNC(=O)CCNC(=O)C(O)C(C)(C)COP(=O)(O)OP(=O)(O)OCC1OC(n2cnc3c(N)ncnc32)[C@H](O)[C@@H]1OP(=O)(O)O. The number of aliphatic hydroxyl groups excluding tert-OH is 2. The molecule has 1 aliphatic rings. The highest BCUT2D eigenvalue weighted by atomic mass is 32.2. The number of anilines is 1. The lowest BCUT2D eigenvalue weighted by atomic mass is 9.87. The summed E-state index contributed by atoms with van der Waals surface area (Å²) in [6.45, 7) is 2.24. The van der Waals surface area contributed by atoms with E-state index in [0.717, 1.165) is 29.0 Å². The van der Waals surface area contributed by atoms with Crippen molar-refractivity contribution in [1.29, 1.82) is 0 Å². The molecule has 52 heavy (non-hydrogen) atoms. The third kappa shape index (κ3) is 12.9. The Balaban J connectivity index is 1.54. The number of aromatic nitrogens is 4. The van der Waals surface area contributed by atoms with Crippen molar-refractivity contribution in [1.82, 2.24) is 30.2 Å². The van der Waals surface area contributed by atoms with Crippen LogP contribution in [0.1, 0.15) is 39.8 Å². The van der Waals surface area contributed by atoms with Crippen LogP contribution in [0, 0.1) is 5.41 Å². The van der Waals surface area contributed by atoms with Crippen molar-refractivity contribution in [2.45, 2.75) is 64.3 Å². The van der Waals surface area contributed by atoms with Crippen LogP contribution in [0.3, 0.4) is 0 Å². The number of imidazole rings is 1. The molecule has 0 spiro atoms. The second-order valence-corrected chi connectivity index (χ2v) is 17.0. The molecule has 1 aliphatic heterocycles. The van der Waals surface area contributed by atoms with Crippen LogP contribution in [-0.2, 0) is 50.7 Å². The molecule has 0 aromatic carbocycles. The van der Waals surface area contributed by atoms with Gasteiger partial charge in [0.2, 0.25) is 11.8 Å². The van der Waals surface area contributed by atoms with Crippen LogP contribution in [0.4, 0.5) is 5.82 Å². The number of hydrogen-bond acceptors (Lipinski definition) is 18. The van der Waals surface area contributed by atoms with E-state index in [4.69, 9.17) is 19.5 Å². The van der Waals surface area contributed by atoms with Gasteiger partial charge in [-0.25, -0.2) is 28.6 Å². The Hall–Kier alpha value is -2.44. The highest BCUT2D eigenvalue weighted by Gasteiger charge is 2.50. The highest BCUT2D eigenvalue weighted by Crippen LogP contribution is 2.61. The van der Waals surface area contributed by atoms with Crippen LogP contribution < -0.4 is 16.4 Å². The number of fused-ring (bicyclic) bond motifs is 1. The van der Waals surface area contributed by atoms with Gasteiger partial charge in [0.1, 0.15) is 36.3 Å². The highest BCUT2D eigenvalue weighted by molar-refractivity contribution is 8.13. The van der Waals surface area contributed by atoms with E-state index in [1.165, 1.54) is 13.8 Å². The van der Waals surface area contributed by atoms with Gasteiger partial charge in [0.05, 0.1) is 19.5 Å². The molecule has 10 N–H and O–H groups in total. The summed E-state index contributed by atoms with van der Waals surface area (Å²) in [6.07, 6.45) is -6.52. The molecule has 0 bridgehead atoms. The average Bonchev–Trinajstić information content (AvgIpc) is 3.60. The molecule has 2 aromatic heterocycles. The molecule has 2 aromatic rings. The van der Waals surface area contributed by atoms with E-state index in [9.17, 15) is 57.9 Å². The number of rotatable bonds is 20. The zero-order valence-corrected chi connectivity index (χ0v) is 31.3. The van der Waals surface area contributed by atoms with Gasteiger partial charge in [-0.3, -0.25) is 32.5 Å². The summed E-state index contributed by atoms with van der Waals surface area (Å²) in [5.74, 6) is -1.07. The number of carbonyl (C=O) groups is 3. The molecule has 294 valence electrons. The fourth-order valence-corrected chi connectivity index (χ4v) is 7.86. The van der Waals surface area contributed by atoms with E-state index in [-0.39, 0.29) is 41.6 Å². The summed E-state index contributed by atoms with van der Waals surface area (Å²) >= 11 is 1.07. The molecule has 24 nitrogen and oxygen atoms in total. The van der Waals surface area contributed by atoms with Crippen LogP contribution in [-0.4, -0.2) is 123 Å². The third-order valence-electron chi connectivity index (χ3n) is 7.05. The van der Waals surface area contributed by atoms with Crippen molar-refractivity contribution in [3.63, 3.8) is 0 Å². The molecule has 0 radical (unpaired) electrons. The quantitative estimate of drug-likeness (QED) is 0.0575. The maximum atomic E-state index is 12.6. The summed E-state index contributed by atoms with van der Waals surface area (Å²) < 4.78 is 61.9. The predicted octanol–water partition coefficient (Wildman–Crippen LogP) is -0.925. The summed E-state index contributed by atoms with van der Waals surface area (Å²) in [6, 6.07) is 0. The number of amides is 2. The number of ether oxygens (including phenoxy) is 1. The Morgan fingerprint density at radius 2 is 1.75 bits per heavy atom. The van der Waals surface area contributed by atoms with E-state index in [1.807, 2.05) is 0 Å². The first-order valence-corrected chi connectivity index (χ1v) is 20.6. The largest absolute Gasteiger partial charge is 0.481 e.